The molecule has 1 aliphatic rings. The SMILES string of the molecule is c1cc2c(c(-c3ccncn3)c1)CCC2. The van der Waals surface area contributed by atoms with E-state index in [2.05, 4.69) is 28.2 Å². The standard InChI is InChI=1S/C13H12N2/c1-3-10-4-2-6-12(11(10)5-1)13-7-8-14-9-15-13/h2,4,6-9H,1,3,5H2. The first-order valence-electron chi connectivity index (χ1n) is 5.32. The van der Waals surface area contributed by atoms with Gasteiger partial charge in [0.15, 0.2) is 0 Å². The Kier molecular flexibility index (Phi) is 1.98. The molecule has 0 spiro atoms. The Labute approximate surface area is 89.0 Å². The second-order valence-electron chi connectivity index (χ2n) is 3.89. The van der Waals surface area contributed by atoms with Gasteiger partial charge in [0, 0.05) is 11.8 Å². The van der Waals surface area contributed by atoms with Gasteiger partial charge in [0.05, 0.1) is 5.69 Å². The van der Waals surface area contributed by atoms with Crippen LogP contribution in [-0.4, -0.2) is 9.97 Å². The topological polar surface area (TPSA) is 25.8 Å². The third kappa shape index (κ3) is 1.42. The first-order valence-corrected chi connectivity index (χ1v) is 5.32. The molecule has 0 bridgehead atoms. The van der Waals surface area contributed by atoms with Crippen molar-refractivity contribution in [3.63, 3.8) is 0 Å². The van der Waals surface area contributed by atoms with Crippen LogP contribution in [0.3, 0.4) is 0 Å². The summed E-state index contributed by atoms with van der Waals surface area (Å²) in [6, 6.07) is 8.50. The maximum atomic E-state index is 4.32. The maximum Gasteiger partial charge on any atom is 0.116 e. The molecule has 0 saturated carbocycles. The maximum absolute atomic E-state index is 4.32. The summed E-state index contributed by atoms with van der Waals surface area (Å²) in [5.41, 5.74) is 5.30. The van der Waals surface area contributed by atoms with Gasteiger partial charge in [-0.05, 0) is 36.5 Å². The van der Waals surface area contributed by atoms with E-state index in [1.165, 1.54) is 36.0 Å². The van der Waals surface area contributed by atoms with Crippen molar-refractivity contribution in [2.24, 2.45) is 0 Å². The number of aryl methyl sites for hydroxylation is 1. The van der Waals surface area contributed by atoms with Crippen LogP contribution in [0.15, 0.2) is 36.8 Å². The molecule has 3 rings (SSSR count). The molecule has 0 radical (unpaired) electrons. The molecule has 1 aromatic carbocycles. The number of benzene rings is 1. The molecule has 2 aromatic rings. The highest BCUT2D eigenvalue weighted by atomic mass is 14.8. The monoisotopic (exact) mass is 196 g/mol. The molecule has 74 valence electrons. The molecule has 1 heterocycles. The molecule has 0 fully saturated rings. The average molecular weight is 196 g/mol. The summed E-state index contributed by atoms with van der Waals surface area (Å²) in [6.07, 6.45) is 7.10. The van der Waals surface area contributed by atoms with Crippen molar-refractivity contribution in [3.8, 4) is 11.3 Å². The largest absolute Gasteiger partial charge is 0.245 e. The summed E-state index contributed by atoms with van der Waals surface area (Å²) in [5, 5.41) is 0. The normalized spacial score (nSPS) is 13.9. The molecule has 0 atom stereocenters. The molecule has 0 amide bonds. The Bertz CT molecular complexity index is 477. The van der Waals surface area contributed by atoms with E-state index >= 15 is 0 Å². The molecule has 2 nitrogen and oxygen atoms in total. The Balaban J connectivity index is 2.17. The molecule has 0 unspecified atom stereocenters. The van der Waals surface area contributed by atoms with E-state index in [0.29, 0.717) is 0 Å². The van der Waals surface area contributed by atoms with Crippen molar-refractivity contribution in [3.05, 3.63) is 47.9 Å². The van der Waals surface area contributed by atoms with Gasteiger partial charge >= 0.3 is 0 Å². The predicted octanol–water partition coefficient (Wildman–Crippen LogP) is 2.63. The zero-order chi connectivity index (χ0) is 10.1. The Morgan fingerprint density at radius 2 is 2.07 bits per heavy atom. The van der Waals surface area contributed by atoms with Gasteiger partial charge in [-0.3, -0.25) is 0 Å². The zero-order valence-corrected chi connectivity index (χ0v) is 8.48. The molecule has 15 heavy (non-hydrogen) atoms. The fourth-order valence-electron chi connectivity index (χ4n) is 2.31. The van der Waals surface area contributed by atoms with E-state index in [1.54, 1.807) is 12.5 Å². The van der Waals surface area contributed by atoms with Crippen LogP contribution in [0.2, 0.25) is 0 Å². The van der Waals surface area contributed by atoms with Crippen LogP contribution in [0.4, 0.5) is 0 Å². The number of fused-ring (bicyclic) bond motifs is 1. The van der Waals surface area contributed by atoms with Gasteiger partial charge in [-0.15, -0.1) is 0 Å². The van der Waals surface area contributed by atoms with Crippen molar-refractivity contribution in [2.75, 3.05) is 0 Å². The summed E-state index contributed by atoms with van der Waals surface area (Å²) in [6.45, 7) is 0. The van der Waals surface area contributed by atoms with E-state index in [1.807, 2.05) is 6.07 Å². The van der Waals surface area contributed by atoms with Crippen LogP contribution in [-0.2, 0) is 12.8 Å². The van der Waals surface area contributed by atoms with Gasteiger partial charge in [-0.1, -0.05) is 18.2 Å². The molecule has 1 aliphatic carbocycles. The van der Waals surface area contributed by atoms with Crippen LogP contribution in [0.1, 0.15) is 17.5 Å². The lowest BCUT2D eigenvalue weighted by Crippen LogP contribution is -1.90. The Hall–Kier alpha value is -1.70. The lowest BCUT2D eigenvalue weighted by atomic mass is 10.0. The van der Waals surface area contributed by atoms with Crippen LogP contribution < -0.4 is 0 Å². The minimum Gasteiger partial charge on any atom is -0.245 e. The van der Waals surface area contributed by atoms with Crippen LogP contribution in [0.5, 0.6) is 0 Å². The van der Waals surface area contributed by atoms with Gasteiger partial charge in [-0.2, -0.15) is 0 Å². The minimum absolute atomic E-state index is 1.05. The van der Waals surface area contributed by atoms with Gasteiger partial charge in [0.2, 0.25) is 0 Å². The first kappa shape index (κ1) is 8.60. The predicted molar refractivity (Wildman–Crippen MR) is 59.5 cm³/mol. The van der Waals surface area contributed by atoms with Crippen molar-refractivity contribution in [1.82, 2.24) is 9.97 Å². The van der Waals surface area contributed by atoms with Crippen molar-refractivity contribution in [2.45, 2.75) is 19.3 Å². The van der Waals surface area contributed by atoms with Crippen LogP contribution in [0, 0.1) is 0 Å². The second kappa shape index (κ2) is 3.46. The van der Waals surface area contributed by atoms with Gasteiger partial charge in [0.25, 0.3) is 0 Å². The number of rotatable bonds is 1. The third-order valence-corrected chi connectivity index (χ3v) is 3.00. The number of hydrogen-bond acceptors (Lipinski definition) is 2. The number of aromatic nitrogens is 2. The van der Waals surface area contributed by atoms with E-state index in [-0.39, 0.29) is 0 Å². The van der Waals surface area contributed by atoms with Crippen molar-refractivity contribution in [1.29, 1.82) is 0 Å². The van der Waals surface area contributed by atoms with Crippen LogP contribution in [0.25, 0.3) is 11.3 Å². The highest BCUT2D eigenvalue weighted by Gasteiger charge is 2.15. The minimum atomic E-state index is 1.05. The molecule has 0 N–H and O–H groups in total. The Morgan fingerprint density at radius 1 is 1.07 bits per heavy atom. The Morgan fingerprint density at radius 3 is 2.93 bits per heavy atom. The molecular formula is C13H12N2. The van der Waals surface area contributed by atoms with E-state index < -0.39 is 0 Å². The molecule has 2 heteroatoms. The summed E-state index contributed by atoms with van der Waals surface area (Å²) < 4.78 is 0. The van der Waals surface area contributed by atoms with E-state index in [9.17, 15) is 0 Å². The highest BCUT2D eigenvalue weighted by molar-refractivity contribution is 5.65. The van der Waals surface area contributed by atoms with Crippen molar-refractivity contribution >= 4 is 0 Å². The first-order chi connectivity index (χ1) is 7.45. The fourth-order valence-corrected chi connectivity index (χ4v) is 2.31. The van der Waals surface area contributed by atoms with Crippen molar-refractivity contribution < 1.29 is 0 Å². The van der Waals surface area contributed by atoms with Crippen LogP contribution >= 0.6 is 0 Å². The molecule has 1 aromatic heterocycles. The number of nitrogens with zero attached hydrogens (tertiary/aromatic N) is 2. The molecular weight excluding hydrogens is 184 g/mol. The van der Waals surface area contributed by atoms with E-state index in [4.69, 9.17) is 0 Å². The lowest BCUT2D eigenvalue weighted by molar-refractivity contribution is 0.912. The van der Waals surface area contributed by atoms with Gasteiger partial charge in [0.1, 0.15) is 6.33 Å². The number of hydrogen-bond donors (Lipinski definition) is 0. The average Bonchev–Trinajstić information content (AvgIpc) is 2.78. The summed E-state index contributed by atoms with van der Waals surface area (Å²) in [4.78, 5) is 8.27. The quantitative estimate of drug-likeness (QED) is 0.700. The summed E-state index contributed by atoms with van der Waals surface area (Å²) in [7, 11) is 0. The summed E-state index contributed by atoms with van der Waals surface area (Å²) in [5.74, 6) is 0. The third-order valence-electron chi connectivity index (χ3n) is 3.00. The van der Waals surface area contributed by atoms with E-state index in [0.717, 1.165) is 5.69 Å². The smallest absolute Gasteiger partial charge is 0.116 e. The van der Waals surface area contributed by atoms with Gasteiger partial charge < -0.3 is 0 Å². The summed E-state index contributed by atoms with van der Waals surface area (Å²) >= 11 is 0. The lowest BCUT2D eigenvalue weighted by Gasteiger charge is -2.06. The molecule has 0 aliphatic heterocycles. The fraction of sp³-hybridized carbons (Fsp3) is 0.231. The highest BCUT2D eigenvalue weighted by Crippen LogP contribution is 2.30. The zero-order valence-electron chi connectivity index (χ0n) is 8.48. The molecule has 0 saturated heterocycles. The van der Waals surface area contributed by atoms with Gasteiger partial charge in [-0.25, -0.2) is 9.97 Å². The second-order valence-corrected chi connectivity index (χ2v) is 3.89.